The molecular weight excluding hydrogens is 606 g/mol. The van der Waals surface area contributed by atoms with E-state index in [1.807, 2.05) is 69.2 Å². The number of amides is 5. The lowest BCUT2D eigenvalue weighted by Crippen LogP contribution is -2.62. The molecule has 0 bridgehead atoms. The second-order valence-corrected chi connectivity index (χ2v) is 16.9. The van der Waals surface area contributed by atoms with Crippen molar-refractivity contribution in [2.45, 2.75) is 119 Å². The van der Waals surface area contributed by atoms with E-state index in [1.54, 1.807) is 0 Å². The molecule has 5 amide bonds. The van der Waals surface area contributed by atoms with Crippen LogP contribution in [0.1, 0.15) is 94.9 Å². The van der Waals surface area contributed by atoms with E-state index in [9.17, 15) is 28.8 Å². The Morgan fingerprint density at radius 3 is 2.04 bits per heavy atom. The zero-order valence-electron chi connectivity index (χ0n) is 29.9. The standard InChI is InChI=1S/C34H57N5O8/c1-18(2)22(16-46-31(45)47-17-32(3,4)5)37-30(44)38-26(33(6,7)8)29(43)39-15-20-23(34(20,9)10)24(39)28(42)36-21(25(40)27(35)41)14-19-12-11-13-19/h18-24,26H,11-17H2,1-10H3,(H2,35,41)(H,36,42)(H2,37,38,44)/t20-,21?,22+,23-,24-,26+/m0/s1. The van der Waals surface area contributed by atoms with E-state index in [2.05, 4.69) is 16.0 Å². The molecule has 0 aromatic heterocycles. The second kappa shape index (κ2) is 14.4. The molecule has 266 valence electrons. The number of piperidine rings is 1. The number of nitrogens with two attached hydrogens (primary N) is 1. The average Bonchev–Trinajstić information content (AvgIpc) is 3.24. The Balaban J connectivity index is 1.73. The zero-order chi connectivity index (χ0) is 35.6. The fraction of sp³-hybridized carbons (Fsp3) is 0.824. The van der Waals surface area contributed by atoms with Crippen molar-refractivity contribution >= 4 is 35.7 Å². The first-order valence-electron chi connectivity index (χ1n) is 16.9. The van der Waals surface area contributed by atoms with Crippen molar-refractivity contribution in [3.8, 4) is 0 Å². The van der Waals surface area contributed by atoms with E-state index in [-0.39, 0.29) is 47.7 Å². The predicted octanol–water partition coefficient (Wildman–Crippen LogP) is 3.14. The molecule has 0 aromatic rings. The fourth-order valence-electron chi connectivity index (χ4n) is 6.57. The molecule has 1 saturated heterocycles. The number of ether oxygens (including phenoxy) is 2. The molecule has 1 unspecified atom stereocenters. The molecule has 0 aromatic carbocycles. The monoisotopic (exact) mass is 663 g/mol. The van der Waals surface area contributed by atoms with Crippen LogP contribution in [-0.2, 0) is 28.7 Å². The van der Waals surface area contributed by atoms with Crippen molar-refractivity contribution < 1.29 is 38.2 Å². The first-order valence-corrected chi connectivity index (χ1v) is 16.9. The Kier molecular flexibility index (Phi) is 11.7. The van der Waals surface area contributed by atoms with Gasteiger partial charge in [-0.05, 0) is 46.3 Å². The lowest BCUT2D eigenvalue weighted by atomic mass is 9.80. The number of urea groups is 1. The minimum atomic E-state index is -1.10. The largest absolute Gasteiger partial charge is 0.508 e. The Morgan fingerprint density at radius 1 is 0.936 bits per heavy atom. The number of Topliss-reactive ketones (excluding diaryl/α,β-unsaturated/α-hetero) is 1. The summed E-state index contributed by atoms with van der Waals surface area (Å²) < 4.78 is 10.4. The van der Waals surface area contributed by atoms with Crippen LogP contribution in [0, 0.1) is 39.9 Å². The van der Waals surface area contributed by atoms with Crippen LogP contribution in [0.2, 0.25) is 0 Å². The van der Waals surface area contributed by atoms with Gasteiger partial charge in [-0.1, -0.05) is 88.5 Å². The molecule has 47 heavy (non-hydrogen) atoms. The van der Waals surface area contributed by atoms with Crippen LogP contribution < -0.4 is 21.7 Å². The van der Waals surface area contributed by atoms with Gasteiger partial charge in [0, 0.05) is 6.54 Å². The van der Waals surface area contributed by atoms with Crippen molar-refractivity contribution in [2.75, 3.05) is 19.8 Å². The van der Waals surface area contributed by atoms with E-state index in [4.69, 9.17) is 15.2 Å². The van der Waals surface area contributed by atoms with Gasteiger partial charge in [-0.2, -0.15) is 0 Å². The minimum absolute atomic E-state index is 0.0640. The van der Waals surface area contributed by atoms with Crippen molar-refractivity contribution in [3.05, 3.63) is 0 Å². The van der Waals surface area contributed by atoms with Crippen LogP contribution in [0.4, 0.5) is 9.59 Å². The van der Waals surface area contributed by atoms with E-state index in [0.717, 1.165) is 19.3 Å². The third-order valence-corrected chi connectivity index (χ3v) is 9.94. The van der Waals surface area contributed by atoms with Crippen LogP contribution in [0.15, 0.2) is 0 Å². The van der Waals surface area contributed by atoms with E-state index >= 15 is 0 Å². The summed E-state index contributed by atoms with van der Waals surface area (Å²) in [6.07, 6.45) is 2.35. The molecule has 6 atom stereocenters. The number of hydrogen-bond acceptors (Lipinski definition) is 8. The molecule has 1 heterocycles. The quantitative estimate of drug-likeness (QED) is 0.171. The molecule has 2 aliphatic carbocycles. The summed E-state index contributed by atoms with van der Waals surface area (Å²) in [4.78, 5) is 79.6. The van der Waals surface area contributed by atoms with Crippen molar-refractivity contribution in [1.29, 1.82) is 0 Å². The first kappa shape index (κ1) is 38.1. The first-order chi connectivity index (χ1) is 21.5. The number of rotatable bonds is 13. The lowest BCUT2D eigenvalue weighted by Gasteiger charge is -2.38. The third-order valence-electron chi connectivity index (χ3n) is 9.94. The highest BCUT2D eigenvalue weighted by Crippen LogP contribution is 2.65. The number of hydrogen-bond donors (Lipinski definition) is 4. The molecule has 13 nitrogen and oxygen atoms in total. The summed E-state index contributed by atoms with van der Waals surface area (Å²) in [5, 5.41) is 8.42. The smallest absolute Gasteiger partial charge is 0.434 e. The van der Waals surface area contributed by atoms with Crippen LogP contribution in [0.3, 0.4) is 0 Å². The van der Waals surface area contributed by atoms with Gasteiger partial charge in [-0.3, -0.25) is 19.2 Å². The number of carbonyl (C=O) groups excluding carboxylic acids is 6. The predicted molar refractivity (Wildman–Crippen MR) is 175 cm³/mol. The average molecular weight is 664 g/mol. The van der Waals surface area contributed by atoms with Gasteiger partial charge in [-0.25, -0.2) is 9.59 Å². The van der Waals surface area contributed by atoms with Crippen LogP contribution >= 0.6 is 0 Å². The molecule has 0 radical (unpaired) electrons. The Morgan fingerprint density at radius 2 is 1.55 bits per heavy atom. The number of primary amides is 1. The number of carbonyl (C=O) groups is 6. The van der Waals surface area contributed by atoms with Crippen molar-refractivity contribution in [1.82, 2.24) is 20.9 Å². The Hall–Kier alpha value is -3.38. The Bertz CT molecular complexity index is 1220. The number of likely N-dealkylation sites (tertiary alicyclic amines) is 1. The highest BCUT2D eigenvalue weighted by atomic mass is 16.7. The molecule has 3 rings (SSSR count). The summed E-state index contributed by atoms with van der Waals surface area (Å²) in [6.45, 7) is 19.4. The SMILES string of the molecule is CC(C)[C@@H](COC(=O)OCC(C)(C)C)NC(=O)N[C@H](C(=O)N1C[C@H]2[C@@H]([C@H]1C(=O)NC(CC1CCC1)C(=O)C(N)=O)C2(C)C)C(C)(C)C. The maximum atomic E-state index is 14.2. The van der Waals surface area contributed by atoms with Gasteiger partial charge >= 0.3 is 12.2 Å². The maximum Gasteiger partial charge on any atom is 0.508 e. The second-order valence-electron chi connectivity index (χ2n) is 16.9. The Labute approximate surface area is 279 Å². The van der Waals surface area contributed by atoms with E-state index < -0.39 is 65.3 Å². The minimum Gasteiger partial charge on any atom is -0.434 e. The number of nitrogens with one attached hydrogen (secondary N) is 3. The number of fused-ring (bicyclic) bond motifs is 1. The molecule has 3 fully saturated rings. The highest BCUT2D eigenvalue weighted by molar-refractivity contribution is 6.37. The normalized spacial score (nSPS) is 23.8. The molecule has 5 N–H and O–H groups in total. The lowest BCUT2D eigenvalue weighted by molar-refractivity contribution is -0.145. The van der Waals surface area contributed by atoms with Gasteiger partial charge in [0.1, 0.15) is 18.7 Å². The number of ketones is 1. The summed E-state index contributed by atoms with van der Waals surface area (Å²) >= 11 is 0. The molecule has 3 aliphatic rings. The molecule has 13 heteroatoms. The highest BCUT2D eigenvalue weighted by Gasteiger charge is 2.70. The van der Waals surface area contributed by atoms with Gasteiger partial charge in [0.15, 0.2) is 0 Å². The summed E-state index contributed by atoms with van der Waals surface area (Å²) in [6, 6.07) is -4.13. The zero-order valence-corrected chi connectivity index (χ0v) is 29.9. The number of nitrogens with zero attached hydrogens (tertiary/aromatic N) is 1. The van der Waals surface area contributed by atoms with Gasteiger partial charge in [-0.15, -0.1) is 0 Å². The summed E-state index contributed by atoms with van der Waals surface area (Å²) in [5.41, 5.74) is 4.15. The summed E-state index contributed by atoms with van der Waals surface area (Å²) in [7, 11) is 0. The van der Waals surface area contributed by atoms with Gasteiger partial charge in [0.05, 0.1) is 18.7 Å². The van der Waals surface area contributed by atoms with Gasteiger partial charge < -0.3 is 36.1 Å². The van der Waals surface area contributed by atoms with Crippen molar-refractivity contribution in [3.63, 3.8) is 0 Å². The maximum absolute atomic E-state index is 14.2. The molecular formula is C34H57N5O8. The molecule has 0 spiro atoms. The van der Waals surface area contributed by atoms with E-state index in [0.29, 0.717) is 13.0 Å². The topological polar surface area (TPSA) is 186 Å². The van der Waals surface area contributed by atoms with Crippen LogP contribution in [0.5, 0.6) is 0 Å². The van der Waals surface area contributed by atoms with E-state index in [1.165, 1.54) is 4.90 Å². The van der Waals surface area contributed by atoms with Crippen LogP contribution in [-0.4, -0.2) is 84.5 Å². The van der Waals surface area contributed by atoms with Crippen molar-refractivity contribution in [2.24, 2.45) is 45.7 Å². The third kappa shape index (κ3) is 9.59. The van der Waals surface area contributed by atoms with Gasteiger partial charge in [0.25, 0.3) is 5.91 Å². The van der Waals surface area contributed by atoms with Gasteiger partial charge in [0.2, 0.25) is 17.6 Å². The summed E-state index contributed by atoms with van der Waals surface area (Å²) in [5.74, 6) is -2.84. The van der Waals surface area contributed by atoms with Crippen LogP contribution in [0.25, 0.3) is 0 Å². The molecule has 2 saturated carbocycles. The fourth-order valence-corrected chi connectivity index (χ4v) is 6.57. The molecule has 1 aliphatic heterocycles.